The van der Waals surface area contributed by atoms with Gasteiger partial charge < -0.3 is 10.5 Å². The molecule has 1 heterocycles. The molecular formula is C15H24N2O. The van der Waals surface area contributed by atoms with Crippen molar-refractivity contribution in [1.29, 1.82) is 0 Å². The number of nitrogens with two attached hydrogens (primary N) is 1. The molecule has 0 aromatic heterocycles. The smallest absolute Gasteiger partial charge is 0.121 e. The second-order valence-electron chi connectivity index (χ2n) is 5.59. The molecule has 3 nitrogen and oxygen atoms in total. The molecule has 2 unspecified atom stereocenters. The van der Waals surface area contributed by atoms with Crippen LogP contribution in [0.1, 0.15) is 25.8 Å². The van der Waals surface area contributed by atoms with Gasteiger partial charge in [-0.1, -0.05) is 13.8 Å². The highest BCUT2D eigenvalue weighted by molar-refractivity contribution is 5.47. The third kappa shape index (κ3) is 3.16. The molecule has 1 aliphatic rings. The number of ether oxygens (including phenoxy) is 1. The van der Waals surface area contributed by atoms with Crippen LogP contribution in [-0.2, 0) is 6.54 Å². The van der Waals surface area contributed by atoms with E-state index >= 15 is 0 Å². The van der Waals surface area contributed by atoms with Crippen LogP contribution < -0.4 is 10.5 Å². The highest BCUT2D eigenvalue weighted by Gasteiger charge is 2.22. The van der Waals surface area contributed by atoms with Crippen molar-refractivity contribution in [2.24, 2.45) is 11.8 Å². The summed E-state index contributed by atoms with van der Waals surface area (Å²) in [5, 5.41) is 0. The minimum absolute atomic E-state index is 0.779. The summed E-state index contributed by atoms with van der Waals surface area (Å²) >= 11 is 0. The minimum atomic E-state index is 0.779. The van der Waals surface area contributed by atoms with Crippen LogP contribution in [0.3, 0.4) is 0 Å². The van der Waals surface area contributed by atoms with Gasteiger partial charge in [0.1, 0.15) is 5.75 Å². The fourth-order valence-corrected chi connectivity index (χ4v) is 2.65. The Hall–Kier alpha value is -1.22. The Morgan fingerprint density at radius 3 is 2.72 bits per heavy atom. The summed E-state index contributed by atoms with van der Waals surface area (Å²) < 4.78 is 5.26. The Morgan fingerprint density at radius 1 is 1.28 bits per heavy atom. The number of hydrogen-bond acceptors (Lipinski definition) is 3. The number of piperidine rings is 1. The van der Waals surface area contributed by atoms with Crippen LogP contribution in [-0.4, -0.2) is 25.1 Å². The first-order valence-corrected chi connectivity index (χ1v) is 6.74. The van der Waals surface area contributed by atoms with Crippen molar-refractivity contribution in [1.82, 2.24) is 4.90 Å². The normalized spacial score (nSPS) is 25.1. The van der Waals surface area contributed by atoms with E-state index in [1.165, 1.54) is 25.1 Å². The first-order chi connectivity index (χ1) is 8.58. The van der Waals surface area contributed by atoms with E-state index in [0.717, 1.165) is 29.8 Å². The molecule has 0 amide bonds. The summed E-state index contributed by atoms with van der Waals surface area (Å²) in [6, 6.07) is 5.99. The molecule has 0 saturated carbocycles. The van der Waals surface area contributed by atoms with Crippen molar-refractivity contribution in [3.8, 4) is 5.75 Å². The van der Waals surface area contributed by atoms with E-state index in [9.17, 15) is 0 Å². The van der Waals surface area contributed by atoms with Gasteiger partial charge in [-0.3, -0.25) is 4.90 Å². The third-order valence-electron chi connectivity index (χ3n) is 4.05. The largest absolute Gasteiger partial charge is 0.497 e. The van der Waals surface area contributed by atoms with Gasteiger partial charge in [0.15, 0.2) is 0 Å². The third-order valence-corrected chi connectivity index (χ3v) is 4.05. The van der Waals surface area contributed by atoms with Crippen molar-refractivity contribution >= 4 is 5.69 Å². The van der Waals surface area contributed by atoms with E-state index in [-0.39, 0.29) is 0 Å². The van der Waals surface area contributed by atoms with Gasteiger partial charge in [-0.2, -0.15) is 0 Å². The lowest BCUT2D eigenvalue weighted by molar-refractivity contribution is 0.132. The van der Waals surface area contributed by atoms with Crippen molar-refractivity contribution in [3.05, 3.63) is 23.8 Å². The van der Waals surface area contributed by atoms with Crippen LogP contribution in [0.5, 0.6) is 5.75 Å². The number of rotatable bonds is 3. The van der Waals surface area contributed by atoms with Crippen LogP contribution in [0, 0.1) is 11.8 Å². The molecule has 0 aliphatic carbocycles. The molecule has 2 N–H and O–H groups in total. The van der Waals surface area contributed by atoms with E-state index < -0.39 is 0 Å². The molecule has 1 aliphatic heterocycles. The highest BCUT2D eigenvalue weighted by Crippen LogP contribution is 2.25. The number of methoxy groups -OCH3 is 1. The molecule has 0 spiro atoms. The van der Waals surface area contributed by atoms with Crippen LogP contribution in [0.15, 0.2) is 18.2 Å². The van der Waals surface area contributed by atoms with Gasteiger partial charge in [-0.25, -0.2) is 0 Å². The van der Waals surface area contributed by atoms with E-state index in [2.05, 4.69) is 24.8 Å². The fourth-order valence-electron chi connectivity index (χ4n) is 2.65. The maximum absolute atomic E-state index is 5.89. The molecule has 2 rings (SSSR count). The van der Waals surface area contributed by atoms with Crippen molar-refractivity contribution in [2.75, 3.05) is 25.9 Å². The molecular weight excluding hydrogens is 224 g/mol. The predicted molar refractivity (Wildman–Crippen MR) is 75.6 cm³/mol. The van der Waals surface area contributed by atoms with Crippen LogP contribution in [0.4, 0.5) is 5.69 Å². The van der Waals surface area contributed by atoms with E-state index in [0.29, 0.717) is 0 Å². The molecule has 1 aromatic carbocycles. The fraction of sp³-hybridized carbons (Fsp3) is 0.600. The summed E-state index contributed by atoms with van der Waals surface area (Å²) in [6.45, 7) is 8.03. The lowest BCUT2D eigenvalue weighted by atomic mass is 9.88. The Bertz CT molecular complexity index is 405. The predicted octanol–water partition coefficient (Wildman–Crippen LogP) is 2.76. The van der Waals surface area contributed by atoms with Crippen molar-refractivity contribution in [3.63, 3.8) is 0 Å². The van der Waals surface area contributed by atoms with Gasteiger partial charge in [0.2, 0.25) is 0 Å². The molecule has 0 bridgehead atoms. The second-order valence-corrected chi connectivity index (χ2v) is 5.59. The highest BCUT2D eigenvalue weighted by atomic mass is 16.5. The molecule has 100 valence electrons. The second kappa shape index (κ2) is 5.61. The lowest BCUT2D eigenvalue weighted by Gasteiger charge is -2.35. The Morgan fingerprint density at radius 2 is 2.06 bits per heavy atom. The Labute approximate surface area is 110 Å². The number of hydrogen-bond donors (Lipinski definition) is 1. The molecule has 1 fully saturated rings. The number of anilines is 1. The van der Waals surface area contributed by atoms with Crippen molar-refractivity contribution in [2.45, 2.75) is 26.8 Å². The maximum Gasteiger partial charge on any atom is 0.121 e. The monoisotopic (exact) mass is 248 g/mol. The summed E-state index contributed by atoms with van der Waals surface area (Å²) in [5.41, 5.74) is 7.92. The van der Waals surface area contributed by atoms with E-state index in [4.69, 9.17) is 10.5 Å². The molecule has 1 saturated heterocycles. The maximum atomic E-state index is 5.89. The number of benzene rings is 1. The molecule has 3 heteroatoms. The van der Waals surface area contributed by atoms with Gasteiger partial charge in [-0.15, -0.1) is 0 Å². The van der Waals surface area contributed by atoms with Crippen LogP contribution in [0.2, 0.25) is 0 Å². The molecule has 18 heavy (non-hydrogen) atoms. The number of likely N-dealkylation sites (tertiary alicyclic amines) is 1. The van der Waals surface area contributed by atoms with Gasteiger partial charge in [0.25, 0.3) is 0 Å². The molecule has 2 atom stereocenters. The Balaban J connectivity index is 2.03. The topological polar surface area (TPSA) is 38.5 Å². The number of nitrogen functional groups attached to an aromatic ring is 1. The molecule has 1 aromatic rings. The van der Waals surface area contributed by atoms with Crippen LogP contribution >= 0.6 is 0 Å². The zero-order valence-electron chi connectivity index (χ0n) is 11.6. The zero-order chi connectivity index (χ0) is 13.1. The summed E-state index contributed by atoms with van der Waals surface area (Å²) in [5.74, 6) is 2.47. The SMILES string of the molecule is COc1cc(N)cc(CN2CCC(C)C(C)C2)c1. The average Bonchev–Trinajstić information content (AvgIpc) is 2.33. The quantitative estimate of drug-likeness (QED) is 0.836. The Kier molecular flexibility index (Phi) is 4.12. The molecule has 0 radical (unpaired) electrons. The number of nitrogens with zero attached hydrogens (tertiary/aromatic N) is 1. The first kappa shape index (κ1) is 13.2. The van der Waals surface area contributed by atoms with E-state index in [1.54, 1.807) is 7.11 Å². The minimum Gasteiger partial charge on any atom is -0.497 e. The van der Waals surface area contributed by atoms with Gasteiger partial charge in [0, 0.05) is 24.8 Å². The van der Waals surface area contributed by atoms with Crippen molar-refractivity contribution < 1.29 is 4.74 Å². The average molecular weight is 248 g/mol. The van der Waals surface area contributed by atoms with Gasteiger partial charge >= 0.3 is 0 Å². The van der Waals surface area contributed by atoms with Gasteiger partial charge in [-0.05, 0) is 42.5 Å². The van der Waals surface area contributed by atoms with E-state index in [1.807, 2.05) is 12.1 Å². The summed E-state index contributed by atoms with van der Waals surface area (Å²) in [7, 11) is 1.68. The standard InChI is InChI=1S/C15H24N2O/c1-11-4-5-17(9-12(11)2)10-13-6-14(16)8-15(7-13)18-3/h6-8,11-12H,4-5,9-10,16H2,1-3H3. The van der Waals surface area contributed by atoms with Crippen LogP contribution in [0.25, 0.3) is 0 Å². The zero-order valence-corrected chi connectivity index (χ0v) is 11.6. The first-order valence-electron chi connectivity index (χ1n) is 6.74. The lowest BCUT2D eigenvalue weighted by Crippen LogP contribution is -2.37. The summed E-state index contributed by atoms with van der Waals surface area (Å²) in [4.78, 5) is 2.51. The summed E-state index contributed by atoms with van der Waals surface area (Å²) in [6.07, 6.45) is 1.29. The van der Waals surface area contributed by atoms with Gasteiger partial charge in [0.05, 0.1) is 7.11 Å².